The molecule has 0 aliphatic heterocycles. The normalized spacial score (nSPS) is 9.75. The summed E-state index contributed by atoms with van der Waals surface area (Å²) in [6.07, 6.45) is 0. The lowest BCUT2D eigenvalue weighted by Gasteiger charge is -2.04. The van der Waals surface area contributed by atoms with Gasteiger partial charge in [-0.05, 0) is 31.5 Å². The highest BCUT2D eigenvalue weighted by Crippen LogP contribution is 2.17. The molecule has 0 unspecified atom stereocenters. The number of hydrogen-bond acceptors (Lipinski definition) is 4. The smallest absolute Gasteiger partial charge is 0.257 e. The van der Waals surface area contributed by atoms with E-state index in [4.69, 9.17) is 5.11 Å². The standard InChI is InChI=1S/C15H14N2O2S/c1-10-5-6-13(8-12(10)4-3-7-18)14(19)17-15-16-11(2)9-20-15/h5-6,8-9,18H,7H2,1-2H3,(H,16,17,19). The summed E-state index contributed by atoms with van der Waals surface area (Å²) < 4.78 is 0. The van der Waals surface area contributed by atoms with Crippen molar-refractivity contribution in [3.8, 4) is 11.8 Å². The molecule has 2 N–H and O–H groups in total. The molecule has 2 rings (SSSR count). The Labute approximate surface area is 121 Å². The Kier molecular flexibility index (Phi) is 4.51. The maximum absolute atomic E-state index is 12.1. The van der Waals surface area contributed by atoms with Gasteiger partial charge in [-0.3, -0.25) is 10.1 Å². The first kappa shape index (κ1) is 14.3. The van der Waals surface area contributed by atoms with Crippen LogP contribution in [0.25, 0.3) is 0 Å². The van der Waals surface area contributed by atoms with E-state index in [0.29, 0.717) is 10.7 Å². The van der Waals surface area contributed by atoms with Crippen LogP contribution >= 0.6 is 11.3 Å². The monoisotopic (exact) mass is 286 g/mol. The molecule has 1 aromatic heterocycles. The van der Waals surface area contributed by atoms with Crippen molar-refractivity contribution in [1.29, 1.82) is 0 Å². The average Bonchev–Trinajstić information content (AvgIpc) is 2.83. The Balaban J connectivity index is 2.22. The second kappa shape index (κ2) is 6.33. The molecule has 0 fully saturated rings. The zero-order chi connectivity index (χ0) is 14.5. The van der Waals surface area contributed by atoms with Crippen LogP contribution in [0.5, 0.6) is 0 Å². The van der Waals surface area contributed by atoms with Crippen LogP contribution in [0.1, 0.15) is 27.2 Å². The number of carbonyl (C=O) groups is 1. The summed E-state index contributed by atoms with van der Waals surface area (Å²) in [6, 6.07) is 5.30. The SMILES string of the molecule is Cc1csc(NC(=O)c2ccc(C)c(C#CCO)c2)n1. The van der Waals surface area contributed by atoms with E-state index in [1.807, 2.05) is 25.3 Å². The van der Waals surface area contributed by atoms with Crippen LogP contribution in [0.15, 0.2) is 23.6 Å². The van der Waals surface area contributed by atoms with Crippen molar-refractivity contribution in [2.75, 3.05) is 11.9 Å². The van der Waals surface area contributed by atoms with E-state index in [0.717, 1.165) is 16.8 Å². The van der Waals surface area contributed by atoms with E-state index in [2.05, 4.69) is 22.1 Å². The number of carbonyl (C=O) groups excluding carboxylic acids is 1. The van der Waals surface area contributed by atoms with Crippen LogP contribution in [-0.4, -0.2) is 22.6 Å². The van der Waals surface area contributed by atoms with Gasteiger partial charge in [-0.2, -0.15) is 0 Å². The number of hydrogen-bond donors (Lipinski definition) is 2. The molecule has 0 saturated carbocycles. The Bertz CT molecular complexity index is 695. The highest BCUT2D eigenvalue weighted by molar-refractivity contribution is 7.13. The molecule has 0 aliphatic carbocycles. The maximum atomic E-state index is 12.1. The van der Waals surface area contributed by atoms with E-state index < -0.39 is 0 Å². The Hall–Kier alpha value is -2.16. The molecule has 0 saturated heterocycles. The minimum absolute atomic E-state index is 0.200. The lowest BCUT2D eigenvalue weighted by atomic mass is 10.0. The van der Waals surface area contributed by atoms with Crippen LogP contribution in [-0.2, 0) is 0 Å². The average molecular weight is 286 g/mol. The lowest BCUT2D eigenvalue weighted by molar-refractivity contribution is 0.102. The number of aryl methyl sites for hydroxylation is 2. The summed E-state index contributed by atoms with van der Waals surface area (Å²) >= 11 is 1.39. The van der Waals surface area contributed by atoms with Crippen molar-refractivity contribution < 1.29 is 9.90 Å². The quantitative estimate of drug-likeness (QED) is 0.833. The predicted octanol–water partition coefficient (Wildman–Crippen LogP) is 2.36. The number of benzene rings is 1. The van der Waals surface area contributed by atoms with E-state index in [1.165, 1.54) is 11.3 Å². The Morgan fingerprint density at radius 3 is 2.90 bits per heavy atom. The lowest BCUT2D eigenvalue weighted by Crippen LogP contribution is -2.12. The van der Waals surface area contributed by atoms with Gasteiger partial charge >= 0.3 is 0 Å². The molecule has 1 amide bonds. The zero-order valence-corrected chi connectivity index (χ0v) is 12.0. The minimum Gasteiger partial charge on any atom is -0.384 e. The third-order valence-corrected chi connectivity index (χ3v) is 3.52. The van der Waals surface area contributed by atoms with E-state index in [-0.39, 0.29) is 12.5 Å². The zero-order valence-electron chi connectivity index (χ0n) is 11.2. The molecule has 0 bridgehead atoms. The molecule has 0 aliphatic rings. The maximum Gasteiger partial charge on any atom is 0.257 e. The first-order valence-electron chi connectivity index (χ1n) is 6.04. The molecular weight excluding hydrogens is 272 g/mol. The first-order valence-corrected chi connectivity index (χ1v) is 6.92. The van der Waals surface area contributed by atoms with E-state index in [1.54, 1.807) is 12.1 Å². The van der Waals surface area contributed by atoms with Crippen molar-refractivity contribution in [1.82, 2.24) is 4.98 Å². The van der Waals surface area contributed by atoms with Gasteiger partial charge in [0.1, 0.15) is 6.61 Å². The molecule has 0 spiro atoms. The van der Waals surface area contributed by atoms with Crippen LogP contribution < -0.4 is 5.32 Å². The van der Waals surface area contributed by atoms with Gasteiger partial charge in [0.15, 0.2) is 5.13 Å². The summed E-state index contributed by atoms with van der Waals surface area (Å²) in [5.74, 6) is 5.20. The van der Waals surface area contributed by atoms with Gasteiger partial charge in [0.05, 0.1) is 5.69 Å². The topological polar surface area (TPSA) is 62.2 Å². The molecular formula is C15H14N2O2S. The van der Waals surface area contributed by atoms with Crippen molar-refractivity contribution in [2.24, 2.45) is 0 Å². The first-order chi connectivity index (χ1) is 9.60. The van der Waals surface area contributed by atoms with Crippen molar-refractivity contribution >= 4 is 22.4 Å². The number of amides is 1. The van der Waals surface area contributed by atoms with Gasteiger partial charge in [-0.15, -0.1) is 11.3 Å². The van der Waals surface area contributed by atoms with Crippen molar-refractivity contribution in [3.05, 3.63) is 46.0 Å². The van der Waals surface area contributed by atoms with Crippen LogP contribution in [0.4, 0.5) is 5.13 Å². The fraction of sp³-hybridized carbons (Fsp3) is 0.200. The Morgan fingerprint density at radius 1 is 1.45 bits per heavy atom. The summed E-state index contributed by atoms with van der Waals surface area (Å²) in [7, 11) is 0. The summed E-state index contributed by atoms with van der Waals surface area (Å²) in [6.45, 7) is 3.59. The van der Waals surface area contributed by atoms with E-state index >= 15 is 0 Å². The summed E-state index contributed by atoms with van der Waals surface area (Å²) in [5.41, 5.74) is 3.10. The second-order valence-electron chi connectivity index (χ2n) is 4.24. The highest BCUT2D eigenvalue weighted by Gasteiger charge is 2.09. The van der Waals surface area contributed by atoms with Gasteiger partial charge in [-0.25, -0.2) is 4.98 Å². The molecule has 1 heterocycles. The summed E-state index contributed by atoms with van der Waals surface area (Å²) in [5, 5.41) is 13.9. The molecule has 0 radical (unpaired) electrons. The van der Waals surface area contributed by atoms with Gasteiger partial charge in [0, 0.05) is 16.5 Å². The number of nitrogens with zero attached hydrogens (tertiary/aromatic N) is 1. The molecule has 5 heteroatoms. The molecule has 0 atom stereocenters. The third-order valence-electron chi connectivity index (χ3n) is 2.64. The van der Waals surface area contributed by atoms with Crippen molar-refractivity contribution in [3.63, 3.8) is 0 Å². The molecule has 2 aromatic rings. The van der Waals surface area contributed by atoms with Gasteiger partial charge in [-0.1, -0.05) is 17.9 Å². The number of rotatable bonds is 2. The third kappa shape index (κ3) is 3.44. The fourth-order valence-electron chi connectivity index (χ4n) is 1.61. The van der Waals surface area contributed by atoms with Crippen LogP contribution in [0.2, 0.25) is 0 Å². The number of nitrogens with one attached hydrogen (secondary N) is 1. The number of thiazole rings is 1. The number of aromatic nitrogens is 1. The van der Waals surface area contributed by atoms with Gasteiger partial charge in [0.2, 0.25) is 0 Å². The number of aliphatic hydroxyl groups excluding tert-OH is 1. The second-order valence-corrected chi connectivity index (χ2v) is 5.10. The fourth-order valence-corrected chi connectivity index (χ4v) is 2.30. The largest absolute Gasteiger partial charge is 0.384 e. The highest BCUT2D eigenvalue weighted by atomic mass is 32.1. The van der Waals surface area contributed by atoms with Crippen molar-refractivity contribution in [2.45, 2.75) is 13.8 Å². The molecule has 1 aromatic carbocycles. The van der Waals surface area contributed by atoms with Gasteiger partial charge in [0.25, 0.3) is 5.91 Å². The van der Waals surface area contributed by atoms with Gasteiger partial charge < -0.3 is 5.11 Å². The minimum atomic E-state index is -0.216. The van der Waals surface area contributed by atoms with Crippen LogP contribution in [0, 0.1) is 25.7 Å². The molecule has 20 heavy (non-hydrogen) atoms. The summed E-state index contributed by atoms with van der Waals surface area (Å²) in [4.78, 5) is 16.3. The van der Waals surface area contributed by atoms with E-state index in [9.17, 15) is 4.79 Å². The molecule has 4 nitrogen and oxygen atoms in total. The predicted molar refractivity (Wildman–Crippen MR) is 79.9 cm³/mol. The molecule has 102 valence electrons. The van der Waals surface area contributed by atoms with Crippen LogP contribution in [0.3, 0.4) is 0 Å². The number of anilines is 1. The Morgan fingerprint density at radius 2 is 2.25 bits per heavy atom. The number of aliphatic hydroxyl groups is 1.